The Morgan fingerprint density at radius 2 is 0.925 bits per heavy atom. The first-order valence-electron chi connectivity index (χ1n) is 18.4. The first-order valence-corrected chi connectivity index (χ1v) is 18.4. The first kappa shape index (κ1) is 31.3. The number of hydrogen-bond donors (Lipinski definition) is 0. The topological polar surface area (TPSA) is 3.24 Å². The Kier molecular flexibility index (Phi) is 6.52. The Hall–Kier alpha value is -6.44. The highest BCUT2D eigenvalue weighted by Crippen LogP contribution is 2.64. The molecule has 1 nitrogen and oxygen atoms in total. The third-order valence-corrected chi connectivity index (χ3v) is 12.7. The number of fused-ring (bicyclic) bond motifs is 14. The van der Waals surface area contributed by atoms with Crippen LogP contribution < -0.4 is 4.90 Å². The minimum atomic E-state index is -0.451. The van der Waals surface area contributed by atoms with Gasteiger partial charge in [-0.05, 0) is 116 Å². The number of hydrogen-bond acceptors (Lipinski definition) is 1. The molecule has 0 aliphatic heterocycles. The molecule has 4 aliphatic carbocycles. The molecule has 0 heterocycles. The van der Waals surface area contributed by atoms with Crippen LogP contribution in [0.2, 0.25) is 0 Å². The second kappa shape index (κ2) is 11.0. The fourth-order valence-corrected chi connectivity index (χ4v) is 10.7. The SMILES string of the molecule is C=CC(=C)N(C(=C)C1=C(C)C2(C(C)=C(C=C)c3ccccc32)c2ccccc21)c1ccc2c(c1)C1(c3ccccc3-c3ccccc31)c1ccccc1-2. The van der Waals surface area contributed by atoms with Crippen molar-refractivity contribution >= 4 is 16.8 Å². The lowest BCUT2D eigenvalue weighted by atomic mass is 9.69. The van der Waals surface area contributed by atoms with Crippen molar-refractivity contribution in [2.45, 2.75) is 24.7 Å². The van der Waals surface area contributed by atoms with Gasteiger partial charge in [-0.3, -0.25) is 0 Å². The van der Waals surface area contributed by atoms with E-state index in [-0.39, 0.29) is 0 Å². The Bertz CT molecular complexity index is 2660. The van der Waals surface area contributed by atoms with Crippen molar-refractivity contribution in [3.8, 4) is 22.3 Å². The molecular formula is C52H39N. The average molecular weight is 678 g/mol. The number of benzene rings is 6. The summed E-state index contributed by atoms with van der Waals surface area (Å²) in [4.78, 5) is 2.22. The zero-order valence-corrected chi connectivity index (χ0v) is 30.2. The van der Waals surface area contributed by atoms with Crippen molar-refractivity contribution in [1.82, 2.24) is 0 Å². The highest BCUT2D eigenvalue weighted by atomic mass is 15.2. The summed E-state index contributed by atoms with van der Waals surface area (Å²) in [6, 6.07) is 51.4. The highest BCUT2D eigenvalue weighted by Gasteiger charge is 2.53. The van der Waals surface area contributed by atoms with Crippen LogP contribution in [0.15, 0.2) is 201 Å². The van der Waals surface area contributed by atoms with Crippen LogP contribution >= 0.6 is 0 Å². The Morgan fingerprint density at radius 1 is 0.491 bits per heavy atom. The monoisotopic (exact) mass is 677 g/mol. The van der Waals surface area contributed by atoms with E-state index in [4.69, 9.17) is 6.58 Å². The number of anilines is 1. The van der Waals surface area contributed by atoms with E-state index in [1.807, 2.05) is 12.2 Å². The van der Waals surface area contributed by atoms with E-state index >= 15 is 0 Å². The van der Waals surface area contributed by atoms with Crippen molar-refractivity contribution in [3.63, 3.8) is 0 Å². The Labute approximate surface area is 312 Å². The van der Waals surface area contributed by atoms with Crippen LogP contribution in [0.25, 0.3) is 33.4 Å². The molecule has 2 spiro atoms. The summed E-state index contributed by atoms with van der Waals surface area (Å²) in [5.41, 5.74) is 22.1. The van der Waals surface area contributed by atoms with Crippen LogP contribution in [-0.2, 0) is 10.8 Å². The van der Waals surface area contributed by atoms with Crippen LogP contribution in [0.4, 0.5) is 5.69 Å². The van der Waals surface area contributed by atoms with Gasteiger partial charge in [0, 0.05) is 22.7 Å². The third-order valence-electron chi connectivity index (χ3n) is 12.7. The Morgan fingerprint density at radius 3 is 1.43 bits per heavy atom. The average Bonchev–Trinajstić information content (AvgIpc) is 3.85. The lowest BCUT2D eigenvalue weighted by molar-refractivity contribution is 0.741. The van der Waals surface area contributed by atoms with Crippen molar-refractivity contribution < 1.29 is 0 Å². The molecule has 4 aliphatic rings. The molecule has 0 bridgehead atoms. The van der Waals surface area contributed by atoms with Crippen molar-refractivity contribution in [2.75, 3.05) is 4.90 Å². The zero-order chi connectivity index (χ0) is 36.2. The van der Waals surface area contributed by atoms with Crippen molar-refractivity contribution in [1.29, 1.82) is 0 Å². The predicted molar refractivity (Wildman–Crippen MR) is 223 cm³/mol. The standard InChI is InChI=1S/C52H39N/c1-7-32(3)53(35(6)50-34(5)51(48-28-18-13-23-43(48)50)33(4)37(8-2)38-19-9-14-24-44(38)51)36-29-30-42-41-22-12-17-27-47(41)52(49(42)31-36)45-25-15-10-20-39(45)40-21-11-16-26-46(40)52/h7-31H,1-3,6H2,4-5H3. The van der Waals surface area contributed by atoms with Gasteiger partial charge in [0.25, 0.3) is 0 Å². The summed E-state index contributed by atoms with van der Waals surface area (Å²) in [6.07, 6.45) is 3.87. The minimum absolute atomic E-state index is 0.420. The largest absolute Gasteiger partial charge is 0.311 e. The molecule has 0 N–H and O–H groups in total. The molecule has 0 saturated carbocycles. The van der Waals surface area contributed by atoms with Gasteiger partial charge in [-0.25, -0.2) is 0 Å². The van der Waals surface area contributed by atoms with Gasteiger partial charge in [0.2, 0.25) is 0 Å². The van der Waals surface area contributed by atoms with E-state index in [1.54, 1.807) is 0 Å². The van der Waals surface area contributed by atoms with Crippen molar-refractivity contribution in [2.24, 2.45) is 0 Å². The van der Waals surface area contributed by atoms with Crippen LogP contribution in [0.3, 0.4) is 0 Å². The van der Waals surface area contributed by atoms with Gasteiger partial charge in [-0.1, -0.05) is 160 Å². The molecule has 0 radical (unpaired) electrons. The summed E-state index contributed by atoms with van der Waals surface area (Å²) in [5.74, 6) is 0. The quantitative estimate of drug-likeness (QED) is 0.158. The summed E-state index contributed by atoms with van der Waals surface area (Å²) < 4.78 is 0. The van der Waals surface area contributed by atoms with Gasteiger partial charge in [0.1, 0.15) is 0 Å². The molecule has 10 rings (SSSR count). The summed E-state index contributed by atoms with van der Waals surface area (Å²) in [6.45, 7) is 22.6. The smallest absolute Gasteiger partial charge is 0.0726 e. The fourth-order valence-electron chi connectivity index (χ4n) is 10.7. The molecule has 53 heavy (non-hydrogen) atoms. The summed E-state index contributed by atoms with van der Waals surface area (Å²) in [7, 11) is 0. The van der Waals surface area contributed by atoms with Crippen molar-refractivity contribution in [3.05, 3.63) is 245 Å². The van der Waals surface area contributed by atoms with Crippen LogP contribution in [0.5, 0.6) is 0 Å². The lowest BCUT2D eigenvalue weighted by Gasteiger charge is -2.34. The summed E-state index contributed by atoms with van der Waals surface area (Å²) >= 11 is 0. The predicted octanol–water partition coefficient (Wildman–Crippen LogP) is 12.8. The van der Waals surface area contributed by atoms with E-state index < -0.39 is 10.8 Å². The van der Waals surface area contributed by atoms with Crippen LogP contribution in [-0.4, -0.2) is 0 Å². The molecule has 6 aromatic rings. The molecule has 0 amide bonds. The molecule has 0 aromatic heterocycles. The highest BCUT2D eigenvalue weighted by molar-refractivity contribution is 6.01. The molecule has 6 aromatic carbocycles. The van der Waals surface area contributed by atoms with Crippen LogP contribution in [0.1, 0.15) is 58.4 Å². The normalized spacial score (nSPS) is 17.6. The number of nitrogens with zero attached hydrogens (tertiary/aromatic N) is 1. The lowest BCUT2D eigenvalue weighted by Crippen LogP contribution is -2.27. The Balaban J connectivity index is 1.22. The van der Waals surface area contributed by atoms with E-state index in [0.717, 1.165) is 22.7 Å². The second-order valence-corrected chi connectivity index (χ2v) is 14.7. The maximum Gasteiger partial charge on any atom is 0.0726 e. The summed E-state index contributed by atoms with van der Waals surface area (Å²) in [5, 5.41) is 0. The maximum absolute atomic E-state index is 4.92. The van der Waals surface area contributed by atoms with E-state index in [0.29, 0.717) is 0 Å². The van der Waals surface area contributed by atoms with Gasteiger partial charge >= 0.3 is 0 Å². The van der Waals surface area contributed by atoms with Gasteiger partial charge < -0.3 is 4.90 Å². The number of allylic oxidation sites excluding steroid dienone is 6. The van der Waals surface area contributed by atoms with E-state index in [2.05, 4.69) is 178 Å². The van der Waals surface area contributed by atoms with E-state index in [1.165, 1.54) is 83.5 Å². The second-order valence-electron chi connectivity index (χ2n) is 14.7. The maximum atomic E-state index is 4.92. The zero-order valence-electron chi connectivity index (χ0n) is 30.2. The van der Waals surface area contributed by atoms with E-state index in [9.17, 15) is 0 Å². The molecule has 252 valence electrons. The van der Waals surface area contributed by atoms with Crippen LogP contribution in [0, 0.1) is 0 Å². The minimum Gasteiger partial charge on any atom is -0.311 e. The van der Waals surface area contributed by atoms with Gasteiger partial charge in [0.15, 0.2) is 0 Å². The van der Waals surface area contributed by atoms with Gasteiger partial charge in [-0.2, -0.15) is 0 Å². The molecule has 1 atom stereocenters. The third kappa shape index (κ3) is 3.67. The molecule has 1 heteroatoms. The first-order chi connectivity index (χ1) is 25.9. The van der Waals surface area contributed by atoms with Gasteiger partial charge in [-0.15, -0.1) is 0 Å². The molecule has 0 saturated heterocycles. The molecule has 1 unspecified atom stereocenters. The number of rotatable bonds is 6. The molecule has 0 fully saturated rings. The fraction of sp³-hybridized carbons (Fsp3) is 0.0769. The van der Waals surface area contributed by atoms with Gasteiger partial charge in [0.05, 0.1) is 10.8 Å². The molecular weight excluding hydrogens is 639 g/mol.